The van der Waals surface area contributed by atoms with Gasteiger partial charge in [-0.1, -0.05) is 91.0 Å². The van der Waals surface area contributed by atoms with Crippen molar-refractivity contribution >= 4 is 71.7 Å². The van der Waals surface area contributed by atoms with Gasteiger partial charge in [0, 0.05) is 44.0 Å². The van der Waals surface area contributed by atoms with Crippen molar-refractivity contribution < 1.29 is 8.83 Å². The van der Waals surface area contributed by atoms with E-state index in [9.17, 15) is 0 Å². The van der Waals surface area contributed by atoms with Gasteiger partial charge < -0.3 is 13.7 Å². The summed E-state index contributed by atoms with van der Waals surface area (Å²) in [5.41, 5.74) is 9.16. The van der Waals surface area contributed by atoms with Gasteiger partial charge in [0.2, 0.25) is 0 Å². The van der Waals surface area contributed by atoms with Crippen LogP contribution in [0, 0.1) is 0 Å². The van der Waals surface area contributed by atoms with Crippen LogP contribution in [-0.2, 0) is 0 Å². The Bertz CT molecular complexity index is 2390. The van der Waals surface area contributed by atoms with Crippen LogP contribution in [0.5, 0.6) is 0 Å². The Hall–Kier alpha value is -5.80. The summed E-state index contributed by atoms with van der Waals surface area (Å²) in [6, 6.07) is 52.9. The van der Waals surface area contributed by atoms with Crippen molar-refractivity contribution in [1.82, 2.24) is 0 Å². The second kappa shape index (κ2) is 9.37. The molecular weight excluding hydrogens is 526 g/mol. The van der Waals surface area contributed by atoms with E-state index in [1.807, 2.05) is 12.1 Å². The van der Waals surface area contributed by atoms with Crippen molar-refractivity contribution in [3.8, 4) is 11.1 Å². The minimum Gasteiger partial charge on any atom is -0.456 e. The van der Waals surface area contributed by atoms with Gasteiger partial charge in [0.25, 0.3) is 0 Å². The fourth-order valence-corrected chi connectivity index (χ4v) is 6.57. The van der Waals surface area contributed by atoms with Crippen molar-refractivity contribution in [3.63, 3.8) is 0 Å². The standard InChI is InChI=1S/C40H25NO2/c1-3-10-28(11-4-1)41(29-12-5-2-6-13-29)30-22-18-26(19-23-30)31-15-9-17-34-38(31)40-36(43-34)25-21-27-20-24-35-39(37(27)40)32-14-7-8-16-33(32)42-35/h1-25H. The third kappa shape index (κ3) is 3.68. The minimum absolute atomic E-state index is 0.878. The molecule has 0 radical (unpaired) electrons. The van der Waals surface area contributed by atoms with Gasteiger partial charge in [-0.05, 0) is 77.2 Å². The molecule has 0 fully saturated rings. The zero-order chi connectivity index (χ0) is 28.3. The van der Waals surface area contributed by atoms with Crippen molar-refractivity contribution in [2.45, 2.75) is 0 Å². The molecule has 0 N–H and O–H groups in total. The molecule has 9 aromatic rings. The van der Waals surface area contributed by atoms with E-state index < -0.39 is 0 Å². The lowest BCUT2D eigenvalue weighted by Crippen LogP contribution is -2.09. The van der Waals surface area contributed by atoms with Crippen LogP contribution in [-0.4, -0.2) is 0 Å². The lowest BCUT2D eigenvalue weighted by Gasteiger charge is -2.25. The third-order valence-corrected chi connectivity index (χ3v) is 8.45. The SMILES string of the molecule is c1ccc(N(c2ccccc2)c2ccc(-c3cccc4oc5ccc6ccc7oc8ccccc8c7c6c5c34)cc2)cc1. The predicted octanol–water partition coefficient (Wildman–Crippen LogP) is 11.8. The molecule has 0 aliphatic heterocycles. The van der Waals surface area contributed by atoms with Gasteiger partial charge in [-0.3, -0.25) is 0 Å². The van der Waals surface area contributed by atoms with Crippen LogP contribution >= 0.6 is 0 Å². The number of rotatable bonds is 4. The van der Waals surface area contributed by atoms with E-state index in [4.69, 9.17) is 8.83 Å². The molecular formula is C40H25NO2. The average molecular weight is 552 g/mol. The van der Waals surface area contributed by atoms with E-state index in [2.05, 4.69) is 144 Å². The van der Waals surface area contributed by atoms with Crippen LogP contribution in [0.1, 0.15) is 0 Å². The molecule has 0 aliphatic carbocycles. The molecule has 0 amide bonds. The van der Waals surface area contributed by atoms with E-state index >= 15 is 0 Å². The van der Waals surface area contributed by atoms with Gasteiger partial charge in [0.15, 0.2) is 0 Å². The first-order valence-electron chi connectivity index (χ1n) is 14.5. The van der Waals surface area contributed by atoms with Crippen LogP contribution in [0.25, 0.3) is 65.8 Å². The van der Waals surface area contributed by atoms with Gasteiger partial charge in [-0.2, -0.15) is 0 Å². The van der Waals surface area contributed by atoms with Crippen LogP contribution in [0.15, 0.2) is 160 Å². The fraction of sp³-hybridized carbons (Fsp3) is 0. The number of nitrogens with zero attached hydrogens (tertiary/aromatic N) is 1. The predicted molar refractivity (Wildman–Crippen MR) is 179 cm³/mol. The molecule has 3 heteroatoms. The van der Waals surface area contributed by atoms with E-state index in [1.165, 1.54) is 10.8 Å². The topological polar surface area (TPSA) is 29.5 Å². The van der Waals surface area contributed by atoms with Crippen molar-refractivity contribution in [2.75, 3.05) is 4.90 Å². The molecule has 7 aromatic carbocycles. The largest absolute Gasteiger partial charge is 0.456 e. The van der Waals surface area contributed by atoms with Crippen LogP contribution < -0.4 is 4.90 Å². The number of furan rings is 2. The van der Waals surface area contributed by atoms with Gasteiger partial charge in [-0.25, -0.2) is 0 Å². The van der Waals surface area contributed by atoms with Crippen molar-refractivity contribution in [2.24, 2.45) is 0 Å². The number of fused-ring (bicyclic) bond motifs is 9. The Balaban J connectivity index is 1.28. The molecule has 0 saturated heterocycles. The van der Waals surface area contributed by atoms with E-state index in [-0.39, 0.29) is 0 Å². The molecule has 3 nitrogen and oxygen atoms in total. The summed E-state index contributed by atoms with van der Waals surface area (Å²) < 4.78 is 12.8. The van der Waals surface area contributed by atoms with Gasteiger partial charge in [0.1, 0.15) is 22.3 Å². The van der Waals surface area contributed by atoms with Crippen LogP contribution in [0.2, 0.25) is 0 Å². The Morgan fingerprint density at radius 2 is 0.907 bits per heavy atom. The Kier molecular flexibility index (Phi) is 5.20. The number of para-hydroxylation sites is 3. The summed E-state index contributed by atoms with van der Waals surface area (Å²) >= 11 is 0. The maximum absolute atomic E-state index is 6.50. The molecule has 43 heavy (non-hydrogen) atoms. The number of hydrogen-bond donors (Lipinski definition) is 0. The summed E-state index contributed by atoms with van der Waals surface area (Å²) in [5.74, 6) is 0. The van der Waals surface area contributed by atoms with Crippen LogP contribution in [0.3, 0.4) is 0 Å². The third-order valence-electron chi connectivity index (χ3n) is 8.45. The minimum atomic E-state index is 0.878. The summed E-state index contributed by atoms with van der Waals surface area (Å²) in [7, 11) is 0. The highest BCUT2D eigenvalue weighted by atomic mass is 16.3. The second-order valence-electron chi connectivity index (χ2n) is 10.9. The molecule has 2 heterocycles. The molecule has 0 unspecified atom stereocenters. The van der Waals surface area contributed by atoms with Gasteiger partial charge >= 0.3 is 0 Å². The molecule has 0 spiro atoms. The maximum atomic E-state index is 6.50. The van der Waals surface area contributed by atoms with E-state index in [0.717, 1.165) is 72.1 Å². The zero-order valence-electron chi connectivity index (χ0n) is 23.2. The molecule has 9 rings (SSSR count). The lowest BCUT2D eigenvalue weighted by atomic mass is 9.94. The van der Waals surface area contributed by atoms with E-state index in [1.54, 1.807) is 0 Å². The number of hydrogen-bond acceptors (Lipinski definition) is 3. The zero-order valence-corrected chi connectivity index (χ0v) is 23.2. The Morgan fingerprint density at radius 3 is 1.63 bits per heavy atom. The van der Waals surface area contributed by atoms with Crippen LogP contribution in [0.4, 0.5) is 17.1 Å². The lowest BCUT2D eigenvalue weighted by molar-refractivity contribution is 0.669. The molecule has 0 bridgehead atoms. The molecule has 0 atom stereocenters. The summed E-state index contributed by atoms with van der Waals surface area (Å²) in [5, 5.41) is 6.83. The van der Waals surface area contributed by atoms with Gasteiger partial charge in [-0.15, -0.1) is 0 Å². The fourth-order valence-electron chi connectivity index (χ4n) is 6.57. The summed E-state index contributed by atoms with van der Waals surface area (Å²) in [6.07, 6.45) is 0. The average Bonchev–Trinajstić information content (AvgIpc) is 3.65. The molecule has 2 aromatic heterocycles. The monoisotopic (exact) mass is 551 g/mol. The second-order valence-corrected chi connectivity index (χ2v) is 10.9. The van der Waals surface area contributed by atoms with E-state index in [0.29, 0.717) is 0 Å². The maximum Gasteiger partial charge on any atom is 0.136 e. The highest BCUT2D eigenvalue weighted by molar-refractivity contribution is 6.32. The molecule has 202 valence electrons. The quantitative estimate of drug-likeness (QED) is 0.218. The van der Waals surface area contributed by atoms with Crippen molar-refractivity contribution in [1.29, 1.82) is 0 Å². The highest BCUT2D eigenvalue weighted by Crippen LogP contribution is 2.45. The Morgan fingerprint density at radius 1 is 0.349 bits per heavy atom. The smallest absolute Gasteiger partial charge is 0.136 e. The van der Waals surface area contributed by atoms with Gasteiger partial charge in [0.05, 0.1) is 0 Å². The summed E-state index contributed by atoms with van der Waals surface area (Å²) in [6.45, 7) is 0. The first-order chi connectivity index (χ1) is 21.3. The first kappa shape index (κ1) is 23.9. The highest BCUT2D eigenvalue weighted by Gasteiger charge is 2.19. The number of anilines is 3. The molecule has 0 aliphatic rings. The first-order valence-corrected chi connectivity index (χ1v) is 14.5. The Labute approximate surface area is 247 Å². The normalized spacial score (nSPS) is 11.7. The molecule has 0 saturated carbocycles. The number of benzene rings is 7. The summed E-state index contributed by atoms with van der Waals surface area (Å²) in [4.78, 5) is 2.28. The van der Waals surface area contributed by atoms with Crippen molar-refractivity contribution in [3.05, 3.63) is 152 Å².